The van der Waals surface area contributed by atoms with Gasteiger partial charge in [0.15, 0.2) is 0 Å². The van der Waals surface area contributed by atoms with E-state index >= 15 is 0 Å². The van der Waals surface area contributed by atoms with Crippen molar-refractivity contribution in [2.75, 3.05) is 11.4 Å². The third-order valence-electron chi connectivity index (χ3n) is 4.93. The molecule has 1 N–H and O–H groups in total. The van der Waals surface area contributed by atoms with Crippen LogP contribution >= 0.6 is 0 Å². The van der Waals surface area contributed by atoms with E-state index in [-0.39, 0.29) is 5.91 Å². The summed E-state index contributed by atoms with van der Waals surface area (Å²) in [6.45, 7) is 4.81. The SMILES string of the molecule is CC(C)(C(=O)N1CCc2ccccc21)c1c[nH]c2ccccc12. The average molecular weight is 304 g/mol. The Morgan fingerprint density at radius 1 is 1.09 bits per heavy atom. The summed E-state index contributed by atoms with van der Waals surface area (Å²) in [7, 11) is 0. The third kappa shape index (κ3) is 2.07. The number of nitrogens with zero attached hydrogens (tertiary/aromatic N) is 1. The molecule has 0 radical (unpaired) electrons. The molecule has 0 spiro atoms. The van der Waals surface area contributed by atoms with Crippen molar-refractivity contribution in [2.45, 2.75) is 25.7 Å². The van der Waals surface area contributed by atoms with E-state index in [4.69, 9.17) is 0 Å². The number of aromatic amines is 1. The van der Waals surface area contributed by atoms with Gasteiger partial charge in [-0.2, -0.15) is 0 Å². The van der Waals surface area contributed by atoms with Crippen molar-refractivity contribution < 1.29 is 4.79 Å². The molecule has 23 heavy (non-hydrogen) atoms. The fourth-order valence-corrected chi connectivity index (χ4v) is 3.59. The lowest BCUT2D eigenvalue weighted by Gasteiger charge is -2.29. The highest BCUT2D eigenvalue weighted by molar-refractivity contribution is 6.04. The Balaban J connectivity index is 1.76. The summed E-state index contributed by atoms with van der Waals surface area (Å²) < 4.78 is 0. The molecule has 4 rings (SSSR count). The van der Waals surface area contributed by atoms with Crippen LogP contribution in [-0.2, 0) is 16.6 Å². The maximum Gasteiger partial charge on any atom is 0.237 e. The van der Waals surface area contributed by atoms with E-state index in [1.165, 1.54) is 5.56 Å². The van der Waals surface area contributed by atoms with Crippen LogP contribution in [0.5, 0.6) is 0 Å². The zero-order valence-corrected chi connectivity index (χ0v) is 13.5. The Morgan fingerprint density at radius 2 is 1.83 bits per heavy atom. The first kappa shape index (κ1) is 14.1. The van der Waals surface area contributed by atoms with Crippen molar-refractivity contribution in [2.24, 2.45) is 0 Å². The molecule has 0 atom stereocenters. The molecular weight excluding hydrogens is 284 g/mol. The Labute approximate surface area is 135 Å². The van der Waals surface area contributed by atoms with E-state index in [0.717, 1.165) is 35.1 Å². The number of amides is 1. The normalized spacial score (nSPS) is 14.3. The van der Waals surface area contributed by atoms with Gasteiger partial charge in [-0.05, 0) is 43.5 Å². The summed E-state index contributed by atoms with van der Waals surface area (Å²) in [6.07, 6.45) is 2.91. The van der Waals surface area contributed by atoms with Crippen molar-refractivity contribution in [3.05, 3.63) is 65.9 Å². The molecule has 0 fully saturated rings. The largest absolute Gasteiger partial charge is 0.361 e. The van der Waals surface area contributed by atoms with E-state index in [1.54, 1.807) is 0 Å². The molecule has 116 valence electrons. The van der Waals surface area contributed by atoms with Crippen LogP contribution in [-0.4, -0.2) is 17.4 Å². The highest BCUT2D eigenvalue weighted by atomic mass is 16.2. The van der Waals surface area contributed by atoms with E-state index in [9.17, 15) is 4.79 Å². The highest BCUT2D eigenvalue weighted by Gasteiger charge is 2.38. The van der Waals surface area contributed by atoms with Crippen LogP contribution in [0.4, 0.5) is 5.69 Å². The summed E-state index contributed by atoms with van der Waals surface area (Å²) in [5, 5.41) is 1.12. The predicted molar refractivity (Wildman–Crippen MR) is 93.8 cm³/mol. The summed E-state index contributed by atoms with van der Waals surface area (Å²) in [6, 6.07) is 16.4. The number of H-pyrrole nitrogens is 1. The van der Waals surface area contributed by atoms with E-state index < -0.39 is 5.41 Å². The minimum Gasteiger partial charge on any atom is -0.361 e. The molecule has 1 aromatic heterocycles. The van der Waals surface area contributed by atoms with Crippen molar-refractivity contribution in [1.29, 1.82) is 0 Å². The minimum absolute atomic E-state index is 0.159. The zero-order chi connectivity index (χ0) is 16.0. The highest BCUT2D eigenvalue weighted by Crippen LogP contribution is 2.36. The molecule has 0 saturated carbocycles. The summed E-state index contributed by atoms with van der Waals surface area (Å²) in [4.78, 5) is 18.5. The first-order valence-corrected chi connectivity index (χ1v) is 8.05. The lowest BCUT2D eigenvalue weighted by Crippen LogP contribution is -2.42. The number of hydrogen-bond donors (Lipinski definition) is 1. The molecule has 0 aliphatic carbocycles. The molecule has 3 heteroatoms. The van der Waals surface area contributed by atoms with E-state index in [2.05, 4.69) is 17.1 Å². The van der Waals surface area contributed by atoms with Gasteiger partial charge in [0.1, 0.15) is 0 Å². The maximum absolute atomic E-state index is 13.3. The molecule has 3 aromatic rings. The fourth-order valence-electron chi connectivity index (χ4n) is 3.59. The summed E-state index contributed by atoms with van der Waals surface area (Å²) in [5.41, 5.74) is 3.88. The van der Waals surface area contributed by atoms with Gasteiger partial charge in [0.2, 0.25) is 5.91 Å². The number of rotatable bonds is 2. The quantitative estimate of drug-likeness (QED) is 0.762. The topological polar surface area (TPSA) is 36.1 Å². The average Bonchev–Trinajstić information content (AvgIpc) is 3.18. The Kier molecular flexibility index (Phi) is 3.05. The first-order valence-electron chi connectivity index (χ1n) is 8.05. The fraction of sp³-hybridized carbons (Fsp3) is 0.250. The van der Waals surface area contributed by atoms with Crippen LogP contribution in [0.3, 0.4) is 0 Å². The number of anilines is 1. The molecule has 0 unspecified atom stereocenters. The Hall–Kier alpha value is -2.55. The van der Waals surface area contributed by atoms with Gasteiger partial charge in [0, 0.05) is 29.3 Å². The lowest BCUT2D eigenvalue weighted by atomic mass is 9.83. The standard InChI is InChI=1S/C20H20N2O/c1-20(2,16-13-21-17-9-5-4-8-15(16)17)19(23)22-12-11-14-7-3-6-10-18(14)22/h3-10,13,21H,11-12H2,1-2H3. The van der Waals surface area contributed by atoms with Crippen molar-refractivity contribution in [1.82, 2.24) is 4.98 Å². The molecule has 0 saturated heterocycles. The van der Waals surface area contributed by atoms with Crippen LogP contribution < -0.4 is 4.90 Å². The van der Waals surface area contributed by atoms with Crippen LogP contribution in [0.1, 0.15) is 25.0 Å². The molecule has 2 aromatic carbocycles. The van der Waals surface area contributed by atoms with Crippen LogP contribution in [0.2, 0.25) is 0 Å². The maximum atomic E-state index is 13.3. The number of nitrogens with one attached hydrogen (secondary N) is 1. The third-order valence-corrected chi connectivity index (χ3v) is 4.93. The van der Waals surface area contributed by atoms with Gasteiger partial charge >= 0.3 is 0 Å². The van der Waals surface area contributed by atoms with Crippen LogP contribution in [0.25, 0.3) is 10.9 Å². The number of fused-ring (bicyclic) bond motifs is 2. The predicted octanol–water partition coefficient (Wildman–Crippen LogP) is 4.03. The monoisotopic (exact) mass is 304 g/mol. The summed E-state index contributed by atoms with van der Waals surface area (Å²) in [5.74, 6) is 0.159. The van der Waals surface area contributed by atoms with Gasteiger partial charge in [0.05, 0.1) is 5.41 Å². The number of benzene rings is 2. The van der Waals surface area contributed by atoms with Crippen LogP contribution in [0, 0.1) is 0 Å². The van der Waals surface area contributed by atoms with Gasteiger partial charge in [0.25, 0.3) is 0 Å². The molecule has 3 nitrogen and oxygen atoms in total. The molecule has 1 amide bonds. The first-order chi connectivity index (χ1) is 11.1. The lowest BCUT2D eigenvalue weighted by molar-refractivity contribution is -0.122. The van der Waals surface area contributed by atoms with Gasteiger partial charge in [-0.3, -0.25) is 4.79 Å². The van der Waals surface area contributed by atoms with Crippen molar-refractivity contribution in [3.8, 4) is 0 Å². The van der Waals surface area contributed by atoms with Gasteiger partial charge in [-0.25, -0.2) is 0 Å². The second-order valence-corrected chi connectivity index (χ2v) is 6.71. The molecule has 2 heterocycles. The van der Waals surface area contributed by atoms with Gasteiger partial charge in [-0.1, -0.05) is 36.4 Å². The van der Waals surface area contributed by atoms with Gasteiger partial charge < -0.3 is 9.88 Å². The van der Waals surface area contributed by atoms with Crippen molar-refractivity contribution >= 4 is 22.5 Å². The molecule has 0 bridgehead atoms. The van der Waals surface area contributed by atoms with Gasteiger partial charge in [-0.15, -0.1) is 0 Å². The molecule has 1 aliphatic heterocycles. The number of carbonyl (C=O) groups excluding carboxylic acids is 1. The molecule has 1 aliphatic rings. The van der Waals surface area contributed by atoms with Crippen LogP contribution in [0.15, 0.2) is 54.7 Å². The van der Waals surface area contributed by atoms with Crippen molar-refractivity contribution in [3.63, 3.8) is 0 Å². The second-order valence-electron chi connectivity index (χ2n) is 6.71. The minimum atomic E-state index is -0.572. The Morgan fingerprint density at radius 3 is 2.70 bits per heavy atom. The number of para-hydroxylation sites is 2. The summed E-state index contributed by atoms with van der Waals surface area (Å²) >= 11 is 0. The smallest absolute Gasteiger partial charge is 0.237 e. The van der Waals surface area contributed by atoms with E-state index in [1.807, 2.05) is 61.3 Å². The number of hydrogen-bond acceptors (Lipinski definition) is 1. The number of carbonyl (C=O) groups is 1. The Bertz CT molecular complexity index is 891. The second kappa shape index (κ2) is 4.98. The molecular formula is C20H20N2O. The number of aromatic nitrogens is 1. The van der Waals surface area contributed by atoms with E-state index in [0.29, 0.717) is 0 Å². The zero-order valence-electron chi connectivity index (χ0n) is 13.5.